The number of hydrogen-bond acceptors (Lipinski definition) is 0. The SMILES string of the molecule is CCc1cccc(C/C(C)=C\C2CCCCC2)c1C. The van der Waals surface area contributed by atoms with Crippen LogP contribution in [0.2, 0.25) is 0 Å². The predicted molar refractivity (Wildman–Crippen MR) is 84.6 cm³/mol. The van der Waals surface area contributed by atoms with Gasteiger partial charge in [0.2, 0.25) is 0 Å². The summed E-state index contributed by atoms with van der Waals surface area (Å²) in [7, 11) is 0. The molecule has 0 amide bonds. The van der Waals surface area contributed by atoms with Gasteiger partial charge in [0.15, 0.2) is 0 Å². The van der Waals surface area contributed by atoms with E-state index in [2.05, 4.69) is 45.0 Å². The van der Waals surface area contributed by atoms with Gasteiger partial charge in [0, 0.05) is 0 Å². The summed E-state index contributed by atoms with van der Waals surface area (Å²) in [5, 5.41) is 0. The summed E-state index contributed by atoms with van der Waals surface area (Å²) in [5.41, 5.74) is 6.08. The molecule has 0 N–H and O–H groups in total. The lowest BCUT2D eigenvalue weighted by molar-refractivity contribution is 0.417. The fourth-order valence-electron chi connectivity index (χ4n) is 3.37. The van der Waals surface area contributed by atoms with Crippen LogP contribution >= 0.6 is 0 Å². The van der Waals surface area contributed by atoms with Crippen molar-refractivity contribution >= 4 is 0 Å². The average molecular weight is 256 g/mol. The largest absolute Gasteiger partial charge is 0.0822 e. The first-order valence-corrected chi connectivity index (χ1v) is 7.95. The molecule has 1 saturated carbocycles. The third kappa shape index (κ3) is 3.96. The zero-order valence-electron chi connectivity index (χ0n) is 12.8. The standard InChI is InChI=1S/C19H28/c1-4-18-11-8-12-19(16(18)3)14-15(2)13-17-9-6-5-7-10-17/h8,11-13,17H,4-7,9-10,14H2,1-3H3/b15-13-. The molecule has 0 spiro atoms. The summed E-state index contributed by atoms with van der Waals surface area (Å²) in [6, 6.07) is 6.78. The summed E-state index contributed by atoms with van der Waals surface area (Å²) in [6.07, 6.45) is 12.0. The predicted octanol–water partition coefficient (Wildman–Crippen LogP) is 5.63. The molecule has 0 nitrogen and oxygen atoms in total. The maximum Gasteiger partial charge on any atom is -0.00671 e. The molecule has 104 valence electrons. The normalized spacial score (nSPS) is 17.7. The van der Waals surface area contributed by atoms with Gasteiger partial charge in [-0.15, -0.1) is 0 Å². The molecule has 0 aliphatic heterocycles. The van der Waals surface area contributed by atoms with Crippen molar-refractivity contribution in [1.29, 1.82) is 0 Å². The topological polar surface area (TPSA) is 0 Å². The van der Waals surface area contributed by atoms with Crippen LogP contribution in [0.25, 0.3) is 0 Å². The maximum atomic E-state index is 2.55. The first-order chi connectivity index (χ1) is 9.20. The van der Waals surface area contributed by atoms with Gasteiger partial charge in [-0.05, 0) is 62.1 Å². The third-order valence-corrected chi connectivity index (χ3v) is 4.58. The summed E-state index contributed by atoms with van der Waals surface area (Å²) in [4.78, 5) is 0. The molecule has 0 atom stereocenters. The van der Waals surface area contributed by atoms with Crippen LogP contribution in [0, 0.1) is 12.8 Å². The molecule has 1 aromatic rings. The van der Waals surface area contributed by atoms with Gasteiger partial charge in [-0.25, -0.2) is 0 Å². The minimum atomic E-state index is 0.850. The Bertz CT molecular complexity index is 433. The van der Waals surface area contributed by atoms with E-state index in [0.717, 1.165) is 18.8 Å². The number of hydrogen-bond donors (Lipinski definition) is 0. The van der Waals surface area contributed by atoms with Crippen molar-refractivity contribution < 1.29 is 0 Å². The van der Waals surface area contributed by atoms with Gasteiger partial charge in [-0.2, -0.15) is 0 Å². The fraction of sp³-hybridized carbons (Fsp3) is 0.579. The quantitative estimate of drug-likeness (QED) is 0.613. The highest BCUT2D eigenvalue weighted by molar-refractivity contribution is 5.36. The van der Waals surface area contributed by atoms with E-state index in [1.54, 1.807) is 5.57 Å². The number of aryl methyl sites for hydroxylation is 1. The van der Waals surface area contributed by atoms with Crippen LogP contribution in [-0.2, 0) is 12.8 Å². The van der Waals surface area contributed by atoms with Crippen LogP contribution in [0.15, 0.2) is 29.8 Å². The molecule has 0 saturated heterocycles. The molecule has 0 bridgehead atoms. The van der Waals surface area contributed by atoms with Crippen molar-refractivity contribution in [2.75, 3.05) is 0 Å². The second kappa shape index (κ2) is 6.93. The van der Waals surface area contributed by atoms with E-state index in [1.807, 2.05) is 0 Å². The molecule has 0 heterocycles. The van der Waals surface area contributed by atoms with Crippen LogP contribution in [0.3, 0.4) is 0 Å². The van der Waals surface area contributed by atoms with Gasteiger partial charge in [0.1, 0.15) is 0 Å². The summed E-state index contributed by atoms with van der Waals surface area (Å²) in [6.45, 7) is 6.84. The zero-order valence-corrected chi connectivity index (χ0v) is 12.8. The zero-order chi connectivity index (χ0) is 13.7. The Morgan fingerprint density at radius 1 is 1.16 bits per heavy atom. The molecular formula is C19H28. The van der Waals surface area contributed by atoms with Gasteiger partial charge >= 0.3 is 0 Å². The molecule has 0 unspecified atom stereocenters. The maximum absolute atomic E-state index is 2.55. The summed E-state index contributed by atoms with van der Waals surface area (Å²) >= 11 is 0. The van der Waals surface area contributed by atoms with Crippen molar-refractivity contribution in [1.82, 2.24) is 0 Å². The van der Waals surface area contributed by atoms with Crippen LogP contribution in [0.1, 0.15) is 62.6 Å². The minimum absolute atomic E-state index is 0.850. The molecule has 0 heteroatoms. The molecule has 1 fully saturated rings. The van der Waals surface area contributed by atoms with E-state index in [0.29, 0.717) is 0 Å². The van der Waals surface area contributed by atoms with E-state index in [9.17, 15) is 0 Å². The van der Waals surface area contributed by atoms with Crippen molar-refractivity contribution in [3.63, 3.8) is 0 Å². The molecule has 0 radical (unpaired) electrons. The van der Waals surface area contributed by atoms with E-state index < -0.39 is 0 Å². The van der Waals surface area contributed by atoms with Crippen molar-refractivity contribution in [3.8, 4) is 0 Å². The Hall–Kier alpha value is -1.04. The highest BCUT2D eigenvalue weighted by Gasteiger charge is 2.11. The Morgan fingerprint density at radius 3 is 2.53 bits per heavy atom. The minimum Gasteiger partial charge on any atom is -0.0822 e. The average Bonchev–Trinajstić information content (AvgIpc) is 2.42. The van der Waals surface area contributed by atoms with Crippen molar-refractivity contribution in [2.45, 2.75) is 65.7 Å². The first kappa shape index (κ1) is 14.4. The van der Waals surface area contributed by atoms with Gasteiger partial charge < -0.3 is 0 Å². The van der Waals surface area contributed by atoms with Gasteiger partial charge in [0.05, 0.1) is 0 Å². The second-order valence-corrected chi connectivity index (χ2v) is 6.14. The summed E-state index contributed by atoms with van der Waals surface area (Å²) < 4.78 is 0. The highest BCUT2D eigenvalue weighted by Crippen LogP contribution is 2.26. The van der Waals surface area contributed by atoms with E-state index in [4.69, 9.17) is 0 Å². The molecular weight excluding hydrogens is 228 g/mol. The Morgan fingerprint density at radius 2 is 1.84 bits per heavy atom. The van der Waals surface area contributed by atoms with Crippen LogP contribution < -0.4 is 0 Å². The molecule has 0 aromatic heterocycles. The van der Waals surface area contributed by atoms with E-state index >= 15 is 0 Å². The van der Waals surface area contributed by atoms with Gasteiger partial charge in [-0.1, -0.05) is 56.0 Å². The van der Waals surface area contributed by atoms with E-state index in [-0.39, 0.29) is 0 Å². The highest BCUT2D eigenvalue weighted by atomic mass is 14.2. The molecule has 19 heavy (non-hydrogen) atoms. The monoisotopic (exact) mass is 256 g/mol. The van der Waals surface area contributed by atoms with Crippen LogP contribution in [0.5, 0.6) is 0 Å². The Balaban J connectivity index is 2.05. The molecule has 1 aliphatic rings. The van der Waals surface area contributed by atoms with Crippen LogP contribution in [0.4, 0.5) is 0 Å². The van der Waals surface area contributed by atoms with E-state index in [1.165, 1.54) is 48.8 Å². The van der Waals surface area contributed by atoms with Gasteiger partial charge in [-0.3, -0.25) is 0 Å². The lowest BCUT2D eigenvalue weighted by Crippen LogP contribution is -2.04. The summed E-state index contributed by atoms with van der Waals surface area (Å²) in [5.74, 6) is 0.850. The molecule has 2 rings (SSSR count). The van der Waals surface area contributed by atoms with Gasteiger partial charge in [0.25, 0.3) is 0 Å². The third-order valence-electron chi connectivity index (χ3n) is 4.58. The fourth-order valence-corrected chi connectivity index (χ4v) is 3.37. The second-order valence-electron chi connectivity index (χ2n) is 6.14. The van der Waals surface area contributed by atoms with Crippen molar-refractivity contribution in [3.05, 3.63) is 46.5 Å². The first-order valence-electron chi connectivity index (χ1n) is 7.95. The number of rotatable bonds is 4. The molecule has 1 aromatic carbocycles. The lowest BCUT2D eigenvalue weighted by Gasteiger charge is -2.19. The molecule has 1 aliphatic carbocycles. The van der Waals surface area contributed by atoms with Crippen LogP contribution in [-0.4, -0.2) is 0 Å². The Kier molecular flexibility index (Phi) is 5.24. The number of benzene rings is 1. The van der Waals surface area contributed by atoms with Crippen molar-refractivity contribution in [2.24, 2.45) is 5.92 Å². The number of allylic oxidation sites excluding steroid dienone is 2. The lowest BCUT2D eigenvalue weighted by atomic mass is 9.87. The Labute approximate surface area is 118 Å². The smallest absolute Gasteiger partial charge is 0.00671 e.